The Kier molecular flexibility index (Phi) is 2.96. The van der Waals surface area contributed by atoms with Gasteiger partial charge in [-0.1, -0.05) is 0 Å². The van der Waals surface area contributed by atoms with Crippen LogP contribution in [0.25, 0.3) is 0 Å². The Morgan fingerprint density at radius 1 is 1.25 bits per heavy atom. The van der Waals surface area contributed by atoms with Gasteiger partial charge in [0.1, 0.15) is 5.82 Å². The van der Waals surface area contributed by atoms with E-state index >= 15 is 0 Å². The van der Waals surface area contributed by atoms with E-state index in [0.717, 1.165) is 6.07 Å². The highest BCUT2D eigenvalue weighted by molar-refractivity contribution is 5.68. The lowest BCUT2D eigenvalue weighted by Gasteiger charge is -2.32. The number of rotatable bonds is 1. The Morgan fingerprint density at radius 2 is 1.88 bits per heavy atom. The van der Waals surface area contributed by atoms with Crippen LogP contribution in [-0.4, -0.2) is 24.3 Å². The number of piperidine rings is 1. The van der Waals surface area contributed by atoms with Gasteiger partial charge in [0.25, 0.3) is 0 Å². The minimum absolute atomic E-state index is 0.0298. The van der Waals surface area contributed by atoms with Crippen molar-refractivity contribution >= 4 is 11.4 Å². The van der Waals surface area contributed by atoms with E-state index in [9.17, 15) is 13.9 Å². The molecule has 0 bridgehead atoms. The normalized spacial score (nSPS) is 17.8. The molecule has 1 aliphatic rings. The van der Waals surface area contributed by atoms with Crippen molar-refractivity contribution in [1.29, 1.82) is 0 Å². The average Bonchev–Trinajstić information content (AvgIpc) is 2.25. The van der Waals surface area contributed by atoms with Crippen molar-refractivity contribution in [1.82, 2.24) is 0 Å². The zero-order valence-electron chi connectivity index (χ0n) is 8.79. The lowest BCUT2D eigenvalue weighted by molar-refractivity contribution is 0.145. The van der Waals surface area contributed by atoms with Crippen LogP contribution in [0.3, 0.4) is 0 Å². The fraction of sp³-hybridized carbons (Fsp3) is 0.455. The number of nitrogens with zero attached hydrogens (tertiary/aromatic N) is 1. The quantitative estimate of drug-likeness (QED) is 0.716. The maximum absolute atomic E-state index is 13.2. The average molecular weight is 228 g/mol. The van der Waals surface area contributed by atoms with E-state index in [0.29, 0.717) is 31.6 Å². The molecule has 0 amide bonds. The molecule has 0 unspecified atom stereocenters. The van der Waals surface area contributed by atoms with E-state index in [-0.39, 0.29) is 11.8 Å². The van der Waals surface area contributed by atoms with Crippen molar-refractivity contribution in [3.63, 3.8) is 0 Å². The van der Waals surface area contributed by atoms with Gasteiger partial charge < -0.3 is 15.7 Å². The van der Waals surface area contributed by atoms with Gasteiger partial charge in [-0.05, 0) is 18.9 Å². The van der Waals surface area contributed by atoms with Gasteiger partial charge >= 0.3 is 0 Å². The summed E-state index contributed by atoms with van der Waals surface area (Å²) in [4.78, 5) is 1.80. The highest BCUT2D eigenvalue weighted by Crippen LogP contribution is 2.29. The zero-order chi connectivity index (χ0) is 11.7. The van der Waals surface area contributed by atoms with Gasteiger partial charge in [-0.2, -0.15) is 0 Å². The summed E-state index contributed by atoms with van der Waals surface area (Å²) in [5, 5.41) is 9.35. The molecular weight excluding hydrogens is 214 g/mol. The molecule has 1 heterocycles. The lowest BCUT2D eigenvalue weighted by atomic mass is 10.1. The molecule has 1 aliphatic heterocycles. The molecule has 88 valence electrons. The minimum atomic E-state index is -0.735. The number of anilines is 2. The summed E-state index contributed by atoms with van der Waals surface area (Å²) >= 11 is 0. The third-order valence-corrected chi connectivity index (χ3v) is 2.88. The second-order valence-corrected chi connectivity index (χ2v) is 4.04. The number of hydrogen-bond donors (Lipinski definition) is 2. The summed E-state index contributed by atoms with van der Waals surface area (Å²) in [6, 6.07) is 2.01. The second kappa shape index (κ2) is 4.25. The first-order valence-corrected chi connectivity index (χ1v) is 5.25. The topological polar surface area (TPSA) is 49.5 Å². The molecule has 2 rings (SSSR count). The Labute approximate surface area is 92.5 Å². The molecule has 0 atom stereocenters. The maximum atomic E-state index is 13.2. The third kappa shape index (κ3) is 2.09. The Hall–Kier alpha value is -1.36. The van der Waals surface area contributed by atoms with Gasteiger partial charge in [0, 0.05) is 19.2 Å². The predicted molar refractivity (Wildman–Crippen MR) is 58.2 cm³/mol. The summed E-state index contributed by atoms with van der Waals surface area (Å²) in [5.74, 6) is -1.37. The third-order valence-electron chi connectivity index (χ3n) is 2.88. The molecule has 1 fully saturated rings. The molecule has 1 saturated heterocycles. The molecule has 0 spiro atoms. The van der Waals surface area contributed by atoms with Crippen molar-refractivity contribution in [2.75, 3.05) is 23.7 Å². The van der Waals surface area contributed by atoms with Crippen LogP contribution in [0, 0.1) is 11.6 Å². The maximum Gasteiger partial charge on any atom is 0.151 e. The molecule has 3 nitrogen and oxygen atoms in total. The summed E-state index contributed by atoms with van der Waals surface area (Å²) < 4.78 is 26.3. The molecule has 0 saturated carbocycles. The van der Waals surface area contributed by atoms with Gasteiger partial charge in [0.2, 0.25) is 0 Å². The number of halogens is 2. The summed E-state index contributed by atoms with van der Waals surface area (Å²) in [5.41, 5.74) is 5.92. The monoisotopic (exact) mass is 228 g/mol. The fourth-order valence-corrected chi connectivity index (χ4v) is 1.94. The highest BCUT2D eigenvalue weighted by Gasteiger charge is 2.20. The number of benzene rings is 1. The molecule has 1 aromatic carbocycles. The molecule has 0 aliphatic carbocycles. The van der Waals surface area contributed by atoms with Crippen LogP contribution in [-0.2, 0) is 0 Å². The number of aliphatic hydroxyl groups is 1. The van der Waals surface area contributed by atoms with Crippen LogP contribution < -0.4 is 10.6 Å². The molecule has 5 heteroatoms. The summed E-state index contributed by atoms with van der Waals surface area (Å²) in [6.45, 7) is 1.13. The van der Waals surface area contributed by atoms with Gasteiger partial charge in [-0.15, -0.1) is 0 Å². The lowest BCUT2D eigenvalue weighted by Crippen LogP contribution is -2.36. The largest absolute Gasteiger partial charge is 0.395 e. The fourth-order valence-electron chi connectivity index (χ4n) is 1.94. The van der Waals surface area contributed by atoms with Crippen molar-refractivity contribution in [2.45, 2.75) is 18.9 Å². The van der Waals surface area contributed by atoms with Crippen molar-refractivity contribution in [3.8, 4) is 0 Å². The number of hydrogen-bond acceptors (Lipinski definition) is 3. The van der Waals surface area contributed by atoms with Gasteiger partial charge in [0.05, 0.1) is 17.5 Å². The van der Waals surface area contributed by atoms with Crippen LogP contribution in [0.2, 0.25) is 0 Å². The minimum Gasteiger partial charge on any atom is -0.395 e. The van der Waals surface area contributed by atoms with Crippen molar-refractivity contribution in [2.24, 2.45) is 0 Å². The Morgan fingerprint density at radius 3 is 2.50 bits per heavy atom. The van der Waals surface area contributed by atoms with E-state index in [1.165, 1.54) is 6.07 Å². The molecule has 3 N–H and O–H groups in total. The van der Waals surface area contributed by atoms with E-state index in [1.54, 1.807) is 4.90 Å². The van der Waals surface area contributed by atoms with Crippen molar-refractivity contribution in [3.05, 3.63) is 23.8 Å². The SMILES string of the molecule is Nc1c(F)cc(F)cc1N1CCC(O)CC1. The van der Waals surface area contributed by atoms with Crippen LogP contribution in [0.15, 0.2) is 12.1 Å². The zero-order valence-corrected chi connectivity index (χ0v) is 8.79. The van der Waals surface area contributed by atoms with Crippen LogP contribution in [0.1, 0.15) is 12.8 Å². The number of aliphatic hydroxyl groups excluding tert-OH is 1. The summed E-state index contributed by atoms with van der Waals surface area (Å²) in [7, 11) is 0. The van der Waals surface area contributed by atoms with E-state index in [2.05, 4.69) is 0 Å². The smallest absolute Gasteiger partial charge is 0.151 e. The summed E-state index contributed by atoms with van der Waals surface area (Å²) in [6.07, 6.45) is 0.866. The first kappa shape index (κ1) is 11.1. The molecule has 0 aromatic heterocycles. The van der Waals surface area contributed by atoms with Crippen LogP contribution in [0.4, 0.5) is 20.2 Å². The molecule has 1 aromatic rings. The Bertz CT molecular complexity index is 390. The molecular formula is C11H14F2N2O. The standard InChI is InChI=1S/C11H14F2N2O/c12-7-5-9(13)11(14)10(6-7)15-3-1-8(16)2-4-15/h5-6,8,16H,1-4,14H2. The van der Waals surface area contributed by atoms with E-state index in [4.69, 9.17) is 5.73 Å². The Balaban J connectivity index is 2.26. The predicted octanol–water partition coefficient (Wildman–Crippen LogP) is 1.51. The first-order valence-electron chi connectivity index (χ1n) is 5.25. The van der Waals surface area contributed by atoms with Gasteiger partial charge in [-0.25, -0.2) is 8.78 Å². The van der Waals surface area contributed by atoms with Crippen molar-refractivity contribution < 1.29 is 13.9 Å². The molecule has 0 radical (unpaired) electrons. The van der Waals surface area contributed by atoms with E-state index < -0.39 is 11.6 Å². The molecule has 16 heavy (non-hydrogen) atoms. The van der Waals surface area contributed by atoms with Gasteiger partial charge in [0.15, 0.2) is 5.82 Å². The van der Waals surface area contributed by atoms with E-state index in [1.807, 2.05) is 0 Å². The number of nitrogens with two attached hydrogens (primary N) is 1. The number of nitrogen functional groups attached to an aromatic ring is 1. The second-order valence-electron chi connectivity index (χ2n) is 4.04. The van der Waals surface area contributed by atoms with Crippen LogP contribution >= 0.6 is 0 Å². The first-order chi connectivity index (χ1) is 7.58. The highest BCUT2D eigenvalue weighted by atomic mass is 19.1. The van der Waals surface area contributed by atoms with Gasteiger partial charge in [-0.3, -0.25) is 0 Å². The van der Waals surface area contributed by atoms with Crippen LogP contribution in [0.5, 0.6) is 0 Å².